The highest BCUT2D eigenvalue weighted by atomic mass is 35.5. The number of rotatable bonds is 36. The Morgan fingerprint density at radius 3 is 1.11 bits per heavy atom. The largest absolute Gasteiger partial charge is 0.481 e. The number of esters is 6. The molecular formula is C79H120ClFN4O23. The molecule has 27 nitrogen and oxygen atoms in total. The number of carboxylic acid groups (broad SMARTS) is 2. The van der Waals surface area contributed by atoms with Gasteiger partial charge in [-0.3, -0.25) is 67.2 Å². The average Bonchev–Trinajstić information content (AvgIpc) is 0.899. The molecule has 0 fully saturated rings. The predicted octanol–water partition coefficient (Wildman–Crippen LogP) is 14.2. The fraction of sp³-hybridized carbons (Fsp3) is 0.620. The van der Waals surface area contributed by atoms with Gasteiger partial charge in [-0.05, 0) is 217 Å². The molecule has 0 aromatic heterocycles. The Kier molecular flexibility index (Phi) is 45.8. The number of carbonyl (C=O) groups is 12. The van der Waals surface area contributed by atoms with E-state index in [1.807, 2.05) is 12.1 Å². The van der Waals surface area contributed by atoms with Gasteiger partial charge in [0.1, 0.15) is 50.9 Å². The number of carbonyl (C=O) groups excluding carboxylic acids is 10. The monoisotopic (exact) mass is 1550 g/mol. The number of non-ortho nitro benzene ring substituents is 1. The molecule has 0 aliphatic carbocycles. The number of unbranched alkanes of at least 4 members (excludes halogenated alkanes) is 2. The lowest BCUT2D eigenvalue weighted by Crippen LogP contribution is -2.33. The van der Waals surface area contributed by atoms with E-state index in [1.165, 1.54) is 24.3 Å². The lowest BCUT2D eigenvalue weighted by Gasteiger charge is -2.25. The number of ether oxygens (including phenoxy) is 7. The number of nitrogens with zero attached hydrogens (tertiary/aromatic N) is 1. The molecule has 0 aliphatic heterocycles. The van der Waals surface area contributed by atoms with Crippen molar-refractivity contribution < 1.29 is 112 Å². The zero-order valence-electron chi connectivity index (χ0n) is 67.4. The van der Waals surface area contributed by atoms with Gasteiger partial charge in [0.2, 0.25) is 5.91 Å². The van der Waals surface area contributed by atoms with Crippen molar-refractivity contribution in [2.45, 2.75) is 274 Å². The van der Waals surface area contributed by atoms with Gasteiger partial charge < -0.3 is 60.2 Å². The summed E-state index contributed by atoms with van der Waals surface area (Å²) >= 11 is 4.92. The smallest absolute Gasteiger partial charge is 0.409 e. The number of ketones is 2. The van der Waals surface area contributed by atoms with E-state index in [9.17, 15) is 72.0 Å². The predicted molar refractivity (Wildman–Crippen MR) is 406 cm³/mol. The molecule has 0 heterocycles. The van der Waals surface area contributed by atoms with Gasteiger partial charge >= 0.3 is 53.2 Å². The van der Waals surface area contributed by atoms with Crippen LogP contribution in [0, 0.1) is 33.8 Å². The van der Waals surface area contributed by atoms with Gasteiger partial charge in [0, 0.05) is 80.9 Å². The van der Waals surface area contributed by atoms with Crippen molar-refractivity contribution >= 4 is 93.6 Å². The Hall–Kier alpha value is -8.92. The third-order valence-corrected chi connectivity index (χ3v) is 14.1. The second kappa shape index (κ2) is 49.9. The first-order valence-electron chi connectivity index (χ1n) is 36.4. The Bertz CT molecular complexity index is 3350. The van der Waals surface area contributed by atoms with Gasteiger partial charge in [-0.1, -0.05) is 49.2 Å². The molecule has 0 saturated heterocycles. The average molecular weight is 1550 g/mol. The number of nitrogens with one attached hydrogen (secondary N) is 1. The summed E-state index contributed by atoms with van der Waals surface area (Å²) in [6.45, 7) is 32.4. The van der Waals surface area contributed by atoms with E-state index in [1.54, 1.807) is 161 Å². The quantitative estimate of drug-likeness (QED) is 0.00686. The number of aryl methyl sites for hydroxylation is 1. The molecule has 0 saturated carbocycles. The first-order chi connectivity index (χ1) is 50.0. The molecule has 0 bridgehead atoms. The van der Waals surface area contributed by atoms with E-state index in [2.05, 4.69) is 10.1 Å². The van der Waals surface area contributed by atoms with E-state index >= 15 is 0 Å². The number of alkyl halides is 1. The standard InChI is InChI=1S/C37H57NO10.C26H47NO7.C8H9NO2.C7H4ClNO4.CH3F/c1-35(2,3)46-32(43)20-18-28(34(45)48-37(7,8)9)24-29(39)23-27(33(44)47-36(4,5)6)12-10-11-21-38-30(40)19-17-25-13-15-26(16-14-25)22-31(41)42;1-24(2,3)32-21(29)14-13-19(23(31)34-26(7,8)9)17-20(28)16-18(12-10-11-15-27)22(30)33-25(4,5)6;9-7-3-1-6(2-4-7)5-8(10)11;8-7(10)13-6-3-1-5(2-4-6)9(11)12;1-2/h13-16,27-28H,10-12,17-24H2,1-9H3,(H,38,40)(H,41,42);18-19H,10-17,27H2,1-9H3;1-4H,5,9H2,(H,10,11);1-4H;1H3/t27-,28-;18-,19-;;;/m11.../s1/i;;;;1D. The van der Waals surface area contributed by atoms with Crippen LogP contribution in [0.15, 0.2) is 72.8 Å². The fourth-order valence-corrected chi connectivity index (χ4v) is 9.64. The maximum Gasteiger partial charge on any atom is 0.409 e. The molecule has 0 aliphatic rings. The van der Waals surface area contributed by atoms with Gasteiger partial charge in [-0.25, -0.2) is 4.79 Å². The molecule has 0 radical (unpaired) electrons. The summed E-state index contributed by atoms with van der Waals surface area (Å²) in [6, 6.07) is 19.0. The van der Waals surface area contributed by atoms with Gasteiger partial charge in [0.15, 0.2) is 0 Å². The minimum absolute atomic E-state index is 0.0134. The van der Waals surface area contributed by atoms with E-state index < -0.39 is 123 Å². The summed E-state index contributed by atoms with van der Waals surface area (Å²) in [7, 11) is -1.00. The van der Waals surface area contributed by atoms with Crippen LogP contribution in [0.1, 0.15) is 239 Å². The van der Waals surface area contributed by atoms with Gasteiger partial charge in [-0.2, -0.15) is 0 Å². The minimum Gasteiger partial charge on any atom is -0.481 e. The van der Waals surface area contributed by atoms with E-state index in [0.717, 1.165) is 17.5 Å². The number of hydrogen-bond acceptors (Lipinski definition) is 23. The van der Waals surface area contributed by atoms with Gasteiger partial charge in [0.05, 0.1) is 50.0 Å². The van der Waals surface area contributed by atoms with Crippen LogP contribution in [0.3, 0.4) is 0 Å². The van der Waals surface area contributed by atoms with Crippen LogP contribution in [-0.2, 0) is 100 Å². The van der Waals surface area contributed by atoms with Crippen LogP contribution in [0.2, 0.25) is 0 Å². The molecule has 4 atom stereocenters. The van der Waals surface area contributed by atoms with Crippen molar-refractivity contribution in [3.63, 3.8) is 0 Å². The lowest BCUT2D eigenvalue weighted by molar-refractivity contribution is -0.384. The summed E-state index contributed by atoms with van der Waals surface area (Å²) < 4.78 is 52.8. The minimum atomic E-state index is -1.00. The summed E-state index contributed by atoms with van der Waals surface area (Å²) in [5.41, 5.74) is 8.72. The zero-order chi connectivity index (χ0) is 84.3. The first-order valence-corrected chi connectivity index (χ1v) is 36.1. The van der Waals surface area contributed by atoms with Crippen molar-refractivity contribution in [3.05, 3.63) is 99.6 Å². The van der Waals surface area contributed by atoms with Gasteiger partial charge in [0.25, 0.3) is 5.69 Å². The number of hydrogen-bond donors (Lipinski definition) is 5. The number of nitrogen functional groups attached to an aromatic ring is 1. The molecule has 3 aromatic rings. The maximum atomic E-state index is 13.3. The fourth-order valence-electron chi connectivity index (χ4n) is 9.55. The summed E-state index contributed by atoms with van der Waals surface area (Å²) in [5, 5.41) is 30.4. The number of aliphatic carboxylic acids is 2. The highest BCUT2D eigenvalue weighted by Gasteiger charge is 2.35. The van der Waals surface area contributed by atoms with Crippen LogP contribution >= 0.6 is 11.6 Å². The van der Waals surface area contributed by atoms with Crippen LogP contribution in [0.25, 0.3) is 0 Å². The number of benzene rings is 3. The highest BCUT2D eigenvalue weighted by molar-refractivity contribution is 6.61. The number of carboxylic acids is 2. The number of halogens is 2. The van der Waals surface area contributed by atoms with Crippen molar-refractivity contribution in [2.75, 3.05) is 26.0 Å². The molecule has 1 amide bonds. The van der Waals surface area contributed by atoms with Crippen LogP contribution in [0.5, 0.6) is 5.75 Å². The number of Topliss-reactive ketones (excluding diaryl/α,β-unsaturated/α-hetero) is 2. The van der Waals surface area contributed by atoms with Crippen molar-refractivity contribution in [2.24, 2.45) is 29.4 Å². The summed E-state index contributed by atoms with van der Waals surface area (Å²) in [5.74, 6) is -8.23. The Morgan fingerprint density at radius 1 is 0.491 bits per heavy atom. The number of amides is 1. The summed E-state index contributed by atoms with van der Waals surface area (Å²) in [4.78, 5) is 156. The second-order valence-corrected chi connectivity index (χ2v) is 31.8. The first kappa shape index (κ1) is 99.1. The van der Waals surface area contributed by atoms with E-state index in [0.29, 0.717) is 62.9 Å². The van der Waals surface area contributed by atoms with Crippen molar-refractivity contribution in [3.8, 4) is 5.75 Å². The number of anilines is 1. The zero-order valence-corrected chi connectivity index (χ0v) is 67.2. The van der Waals surface area contributed by atoms with Crippen LogP contribution in [-0.4, -0.2) is 140 Å². The number of nitro benzene ring substituents is 1. The molecule has 0 unspecified atom stereocenters. The van der Waals surface area contributed by atoms with E-state index in [4.69, 9.17) is 63.1 Å². The number of nitrogens with two attached hydrogens (primary N) is 2. The highest BCUT2D eigenvalue weighted by Crippen LogP contribution is 2.28. The molecule has 7 N–H and O–H groups in total. The normalized spacial score (nSPS) is 12.6. The number of nitro groups is 1. The molecule has 608 valence electrons. The third-order valence-electron chi connectivity index (χ3n) is 14.0. The molecule has 3 aromatic carbocycles. The molecule has 3 rings (SSSR count). The second-order valence-electron chi connectivity index (χ2n) is 31.5. The van der Waals surface area contributed by atoms with Crippen molar-refractivity contribution in [1.82, 2.24) is 5.32 Å². The lowest BCUT2D eigenvalue weighted by atomic mass is 9.90. The molecule has 29 heteroatoms. The summed E-state index contributed by atoms with van der Waals surface area (Å²) in [6.07, 6.45) is 3.86. The Morgan fingerprint density at radius 2 is 0.806 bits per heavy atom. The SMILES string of the molecule is CC(C)(C)OC(=O)CC[C@H](CC(=O)C[C@@H](CCCCN)C(=O)OC(C)(C)C)C(=O)OC(C)(C)C.CC(C)(C)OC(=O)CC[C@H](CC(=O)C[C@@H](CCCCNC(=O)CCc1ccc(CC(=O)O)cc1)C(=O)OC(C)(C)C)C(=O)OC(C)(C)C.Nc1ccc(CC(=O)O)cc1.O=C(Cl)Oc1ccc([N+](=O)[O-])cc1.[2H]CF. The van der Waals surface area contributed by atoms with Crippen molar-refractivity contribution in [1.29, 1.82) is 0 Å². The molecule has 108 heavy (non-hydrogen) atoms. The van der Waals surface area contributed by atoms with Gasteiger partial charge in [-0.15, -0.1) is 0 Å². The Balaban J connectivity index is 0. The topological polar surface area (TPSA) is 417 Å². The van der Waals surface area contributed by atoms with E-state index in [-0.39, 0.29) is 99.5 Å². The molecular weight excluding hydrogens is 1430 g/mol. The van der Waals surface area contributed by atoms with Crippen LogP contribution < -0.4 is 21.5 Å². The molecule has 0 spiro atoms. The van der Waals surface area contributed by atoms with Crippen LogP contribution in [0.4, 0.5) is 20.6 Å². The Labute approximate surface area is 642 Å². The third kappa shape index (κ3) is 55.5. The maximum absolute atomic E-state index is 13.3.